The largest absolute Gasteiger partial charge is 0.378 e. The molecule has 9 heteroatoms. The molecule has 0 radical (unpaired) electrons. The minimum Gasteiger partial charge on any atom is -0.378 e. The number of hydrogen-bond acceptors (Lipinski definition) is 5. The van der Waals surface area contributed by atoms with E-state index >= 15 is 0 Å². The van der Waals surface area contributed by atoms with E-state index in [2.05, 4.69) is 10.2 Å². The van der Waals surface area contributed by atoms with Crippen molar-refractivity contribution in [1.29, 1.82) is 0 Å². The zero-order chi connectivity index (χ0) is 24.1. The highest BCUT2D eigenvalue weighted by Crippen LogP contribution is 2.25. The highest BCUT2D eigenvalue weighted by molar-refractivity contribution is 7.92. The van der Waals surface area contributed by atoms with Gasteiger partial charge in [-0.1, -0.05) is 17.7 Å². The van der Waals surface area contributed by atoms with Crippen molar-refractivity contribution >= 4 is 33.0 Å². The summed E-state index contributed by atoms with van der Waals surface area (Å²) in [5, 5.41) is 2.77. The Morgan fingerprint density at radius 1 is 0.971 bits per heavy atom. The molecule has 0 spiro atoms. The van der Waals surface area contributed by atoms with E-state index in [1.807, 2.05) is 19.1 Å². The number of rotatable bonds is 7. The Kier molecular flexibility index (Phi) is 7.14. The summed E-state index contributed by atoms with van der Waals surface area (Å²) in [6, 6.07) is 18.7. The summed E-state index contributed by atoms with van der Waals surface area (Å²) in [6.07, 6.45) is 0. The second-order valence-electron chi connectivity index (χ2n) is 8.00. The first-order valence-electron chi connectivity index (χ1n) is 10.9. The molecule has 3 aromatic rings. The molecule has 1 fully saturated rings. The van der Waals surface area contributed by atoms with Crippen LogP contribution in [0.2, 0.25) is 0 Å². The Morgan fingerprint density at radius 3 is 2.21 bits per heavy atom. The average molecular weight is 484 g/mol. The van der Waals surface area contributed by atoms with Crippen LogP contribution in [-0.2, 0) is 19.6 Å². The Bertz CT molecular complexity index is 1220. The molecule has 1 aliphatic rings. The number of hydrogen-bond donors (Lipinski definition) is 1. The zero-order valence-corrected chi connectivity index (χ0v) is 19.6. The highest BCUT2D eigenvalue weighted by atomic mass is 32.2. The zero-order valence-electron chi connectivity index (χ0n) is 18.8. The van der Waals surface area contributed by atoms with E-state index in [0.29, 0.717) is 24.6 Å². The van der Waals surface area contributed by atoms with Gasteiger partial charge in [0.05, 0.1) is 23.8 Å². The third-order valence-electron chi connectivity index (χ3n) is 5.54. The van der Waals surface area contributed by atoms with Gasteiger partial charge < -0.3 is 15.0 Å². The van der Waals surface area contributed by atoms with Crippen molar-refractivity contribution in [3.05, 3.63) is 84.2 Å². The van der Waals surface area contributed by atoms with Crippen LogP contribution in [0.15, 0.2) is 77.7 Å². The molecule has 7 nitrogen and oxygen atoms in total. The summed E-state index contributed by atoms with van der Waals surface area (Å²) in [5.41, 5.74) is 2.88. The SMILES string of the molecule is Cc1ccc(N(CC(=O)Nc2ccc(N3CCOCC3)cc2)S(=O)(=O)c2ccc(F)cc2)cc1. The fourth-order valence-electron chi connectivity index (χ4n) is 3.67. The summed E-state index contributed by atoms with van der Waals surface area (Å²) < 4.78 is 46.4. The van der Waals surface area contributed by atoms with Crippen LogP contribution < -0.4 is 14.5 Å². The number of sulfonamides is 1. The molecule has 1 amide bonds. The lowest BCUT2D eigenvalue weighted by atomic mass is 10.2. The number of ether oxygens (including phenoxy) is 1. The first kappa shape index (κ1) is 23.7. The number of benzene rings is 3. The van der Waals surface area contributed by atoms with E-state index < -0.39 is 28.3 Å². The van der Waals surface area contributed by atoms with Gasteiger partial charge in [-0.15, -0.1) is 0 Å². The molecule has 0 aliphatic carbocycles. The smallest absolute Gasteiger partial charge is 0.264 e. The van der Waals surface area contributed by atoms with E-state index in [0.717, 1.165) is 40.8 Å². The first-order valence-corrected chi connectivity index (χ1v) is 12.3. The van der Waals surface area contributed by atoms with Crippen LogP contribution in [0.5, 0.6) is 0 Å². The Morgan fingerprint density at radius 2 is 1.59 bits per heavy atom. The number of carbonyl (C=O) groups is 1. The second-order valence-corrected chi connectivity index (χ2v) is 9.86. The summed E-state index contributed by atoms with van der Waals surface area (Å²) in [6.45, 7) is 4.41. The van der Waals surface area contributed by atoms with E-state index in [4.69, 9.17) is 4.74 Å². The minimum absolute atomic E-state index is 0.0999. The Labute approximate surface area is 198 Å². The topological polar surface area (TPSA) is 79.0 Å². The third kappa shape index (κ3) is 5.55. The summed E-state index contributed by atoms with van der Waals surface area (Å²) in [7, 11) is -4.10. The molecule has 0 atom stereocenters. The van der Waals surface area contributed by atoms with Gasteiger partial charge in [0.15, 0.2) is 0 Å². The molecule has 34 heavy (non-hydrogen) atoms. The van der Waals surface area contributed by atoms with Gasteiger partial charge in [0.1, 0.15) is 12.4 Å². The molecule has 0 bridgehead atoms. The number of amides is 1. The van der Waals surface area contributed by atoms with Crippen LogP contribution in [0, 0.1) is 12.7 Å². The van der Waals surface area contributed by atoms with Crippen molar-refractivity contribution in [2.24, 2.45) is 0 Å². The Hall–Kier alpha value is -3.43. The van der Waals surface area contributed by atoms with Gasteiger partial charge in [0.25, 0.3) is 10.0 Å². The van der Waals surface area contributed by atoms with Gasteiger partial charge in [-0.05, 0) is 67.6 Å². The molecular formula is C25H26FN3O4S. The quantitative estimate of drug-likeness (QED) is 0.553. The molecular weight excluding hydrogens is 457 g/mol. The predicted molar refractivity (Wildman–Crippen MR) is 130 cm³/mol. The minimum atomic E-state index is -4.10. The standard InChI is InChI=1S/C25H26FN3O4S/c1-19-2-8-23(9-3-19)29(34(31,32)24-12-4-20(26)5-13-24)18-25(30)27-21-6-10-22(11-7-21)28-14-16-33-17-15-28/h2-13H,14-18H2,1H3,(H,27,30). The molecule has 3 aromatic carbocycles. The van der Waals surface area contributed by atoms with Crippen LogP contribution in [0.1, 0.15) is 5.56 Å². The molecule has 1 aliphatic heterocycles. The molecule has 0 aromatic heterocycles. The van der Waals surface area contributed by atoms with Crippen LogP contribution in [-0.4, -0.2) is 47.2 Å². The fraction of sp³-hybridized carbons (Fsp3) is 0.240. The number of aryl methyl sites for hydroxylation is 1. The van der Waals surface area contributed by atoms with E-state index in [1.54, 1.807) is 36.4 Å². The normalized spacial score (nSPS) is 14.0. The number of anilines is 3. The third-order valence-corrected chi connectivity index (χ3v) is 7.33. The number of carbonyl (C=O) groups excluding carboxylic acids is 1. The van der Waals surface area contributed by atoms with Crippen molar-refractivity contribution in [3.63, 3.8) is 0 Å². The second kappa shape index (κ2) is 10.2. The first-order chi connectivity index (χ1) is 16.3. The number of morpholine rings is 1. The van der Waals surface area contributed by atoms with Gasteiger partial charge in [-0.2, -0.15) is 0 Å². The van der Waals surface area contributed by atoms with Gasteiger partial charge in [0, 0.05) is 24.5 Å². The van der Waals surface area contributed by atoms with Gasteiger partial charge in [-0.25, -0.2) is 12.8 Å². The summed E-state index contributed by atoms with van der Waals surface area (Å²) in [4.78, 5) is 15.0. The molecule has 4 rings (SSSR count). The molecule has 0 unspecified atom stereocenters. The van der Waals surface area contributed by atoms with Gasteiger partial charge >= 0.3 is 0 Å². The monoisotopic (exact) mass is 483 g/mol. The number of halogens is 1. The predicted octanol–water partition coefficient (Wildman–Crippen LogP) is 3.80. The van der Waals surface area contributed by atoms with Gasteiger partial charge in [-0.3, -0.25) is 9.10 Å². The van der Waals surface area contributed by atoms with Gasteiger partial charge in [0.2, 0.25) is 5.91 Å². The molecule has 0 saturated carbocycles. The van der Waals surface area contributed by atoms with Crippen LogP contribution >= 0.6 is 0 Å². The van der Waals surface area contributed by atoms with Crippen LogP contribution in [0.25, 0.3) is 0 Å². The molecule has 1 heterocycles. The Balaban J connectivity index is 1.53. The lowest BCUT2D eigenvalue weighted by Crippen LogP contribution is -2.38. The van der Waals surface area contributed by atoms with Crippen molar-refractivity contribution in [2.75, 3.05) is 47.4 Å². The molecule has 1 saturated heterocycles. The van der Waals surface area contributed by atoms with E-state index in [-0.39, 0.29) is 4.90 Å². The maximum Gasteiger partial charge on any atom is 0.264 e. The fourth-order valence-corrected chi connectivity index (χ4v) is 5.09. The number of nitrogens with one attached hydrogen (secondary N) is 1. The molecule has 178 valence electrons. The number of nitrogens with zero attached hydrogens (tertiary/aromatic N) is 2. The molecule has 1 N–H and O–H groups in total. The lowest BCUT2D eigenvalue weighted by Gasteiger charge is -2.29. The van der Waals surface area contributed by atoms with Crippen LogP contribution in [0.4, 0.5) is 21.5 Å². The lowest BCUT2D eigenvalue weighted by molar-refractivity contribution is -0.114. The highest BCUT2D eigenvalue weighted by Gasteiger charge is 2.27. The van der Waals surface area contributed by atoms with Crippen molar-refractivity contribution in [1.82, 2.24) is 0 Å². The maximum atomic E-state index is 13.4. The van der Waals surface area contributed by atoms with Crippen molar-refractivity contribution < 1.29 is 22.3 Å². The van der Waals surface area contributed by atoms with E-state index in [1.165, 1.54) is 12.1 Å². The average Bonchev–Trinajstić information content (AvgIpc) is 2.84. The van der Waals surface area contributed by atoms with Crippen molar-refractivity contribution in [3.8, 4) is 0 Å². The van der Waals surface area contributed by atoms with E-state index in [9.17, 15) is 17.6 Å². The summed E-state index contributed by atoms with van der Waals surface area (Å²) >= 11 is 0. The summed E-state index contributed by atoms with van der Waals surface area (Å²) in [5.74, 6) is -1.04. The van der Waals surface area contributed by atoms with Crippen molar-refractivity contribution in [2.45, 2.75) is 11.8 Å². The maximum absolute atomic E-state index is 13.4. The van der Waals surface area contributed by atoms with Crippen LogP contribution in [0.3, 0.4) is 0 Å².